The van der Waals surface area contributed by atoms with E-state index >= 15 is 0 Å². The summed E-state index contributed by atoms with van der Waals surface area (Å²) in [7, 11) is 0. The zero-order chi connectivity index (χ0) is 14.7. The normalized spacial score (nSPS) is 11.8. The molecule has 0 amide bonds. The minimum atomic E-state index is -0.399. The highest BCUT2D eigenvalue weighted by molar-refractivity contribution is 6.20. The number of hydrogen-bond donors (Lipinski definition) is 0. The fraction of sp³-hybridized carbons (Fsp3) is 0. The lowest BCUT2D eigenvalue weighted by Gasteiger charge is -2.02. The van der Waals surface area contributed by atoms with Crippen molar-refractivity contribution in [2.45, 2.75) is 0 Å². The standard InChI is InChI=1S/C18H9NO3/c20-18-12-9-19-16-11-6-2-4-8-14(11)21-17(16)15(12)10-5-1-3-7-13(10)22-18/h1-9H. The van der Waals surface area contributed by atoms with Gasteiger partial charge in [0.2, 0.25) is 0 Å². The van der Waals surface area contributed by atoms with E-state index in [0.29, 0.717) is 16.6 Å². The van der Waals surface area contributed by atoms with Gasteiger partial charge in [0.05, 0.1) is 5.39 Å². The molecule has 4 nitrogen and oxygen atoms in total. The van der Waals surface area contributed by atoms with Crippen LogP contribution in [-0.2, 0) is 0 Å². The van der Waals surface area contributed by atoms with Crippen molar-refractivity contribution in [2.24, 2.45) is 0 Å². The maximum atomic E-state index is 12.2. The van der Waals surface area contributed by atoms with Crippen LogP contribution in [0.3, 0.4) is 0 Å². The van der Waals surface area contributed by atoms with Crippen molar-refractivity contribution in [3.63, 3.8) is 0 Å². The highest BCUT2D eigenvalue weighted by atomic mass is 16.4. The number of furan rings is 1. The number of benzene rings is 2. The first kappa shape index (κ1) is 11.5. The summed E-state index contributed by atoms with van der Waals surface area (Å²) in [5.74, 6) is 0. The van der Waals surface area contributed by atoms with E-state index in [1.165, 1.54) is 0 Å². The summed E-state index contributed by atoms with van der Waals surface area (Å²) in [6.45, 7) is 0. The Labute approximate surface area is 123 Å². The number of fused-ring (bicyclic) bond motifs is 7. The summed E-state index contributed by atoms with van der Waals surface area (Å²) in [6, 6.07) is 15.2. The van der Waals surface area contributed by atoms with Gasteiger partial charge in [-0.2, -0.15) is 0 Å². The summed E-state index contributed by atoms with van der Waals surface area (Å²) >= 11 is 0. The van der Waals surface area contributed by atoms with Crippen LogP contribution in [0, 0.1) is 0 Å². The number of hydrogen-bond acceptors (Lipinski definition) is 4. The van der Waals surface area contributed by atoms with Crippen LogP contribution in [0.15, 0.2) is 68.4 Å². The van der Waals surface area contributed by atoms with Gasteiger partial charge in [-0.25, -0.2) is 4.79 Å². The number of rotatable bonds is 0. The Morgan fingerprint density at radius 3 is 2.27 bits per heavy atom. The Hall–Kier alpha value is -3.14. The molecule has 0 bridgehead atoms. The third-order valence-corrected chi connectivity index (χ3v) is 3.97. The summed E-state index contributed by atoms with van der Waals surface area (Å²) in [5.41, 5.74) is 2.30. The second kappa shape index (κ2) is 3.95. The molecule has 2 aromatic carbocycles. The van der Waals surface area contributed by atoms with Crippen LogP contribution in [0.4, 0.5) is 0 Å². The average molecular weight is 287 g/mol. The van der Waals surface area contributed by atoms with Gasteiger partial charge in [0.15, 0.2) is 5.58 Å². The monoisotopic (exact) mass is 287 g/mol. The van der Waals surface area contributed by atoms with Crippen molar-refractivity contribution < 1.29 is 8.83 Å². The maximum absolute atomic E-state index is 12.2. The lowest BCUT2D eigenvalue weighted by molar-refractivity contribution is 0.569. The van der Waals surface area contributed by atoms with Gasteiger partial charge >= 0.3 is 5.63 Å². The second-order valence-corrected chi connectivity index (χ2v) is 5.21. The summed E-state index contributed by atoms with van der Waals surface area (Å²) < 4.78 is 11.3. The number of para-hydroxylation sites is 2. The van der Waals surface area contributed by atoms with Gasteiger partial charge in [0.25, 0.3) is 0 Å². The van der Waals surface area contributed by atoms with Gasteiger partial charge in [-0.3, -0.25) is 4.98 Å². The van der Waals surface area contributed by atoms with E-state index in [1.54, 1.807) is 12.3 Å². The van der Waals surface area contributed by atoms with Crippen molar-refractivity contribution in [3.05, 3.63) is 65.1 Å². The highest BCUT2D eigenvalue weighted by Gasteiger charge is 2.16. The van der Waals surface area contributed by atoms with Gasteiger partial charge in [0.1, 0.15) is 16.7 Å². The molecule has 104 valence electrons. The number of nitrogens with zero attached hydrogens (tertiary/aromatic N) is 1. The van der Waals surface area contributed by atoms with Gasteiger partial charge in [0, 0.05) is 22.4 Å². The number of pyridine rings is 1. The molecule has 4 heteroatoms. The lowest BCUT2D eigenvalue weighted by atomic mass is 10.1. The van der Waals surface area contributed by atoms with Crippen molar-refractivity contribution in [1.82, 2.24) is 4.98 Å². The highest BCUT2D eigenvalue weighted by Crippen LogP contribution is 2.34. The van der Waals surface area contributed by atoms with Gasteiger partial charge in [-0.15, -0.1) is 0 Å². The molecular weight excluding hydrogens is 278 g/mol. The molecule has 3 heterocycles. The molecule has 0 aliphatic carbocycles. The Morgan fingerprint density at radius 2 is 1.45 bits per heavy atom. The maximum Gasteiger partial charge on any atom is 0.345 e. The van der Waals surface area contributed by atoms with E-state index in [9.17, 15) is 4.79 Å². The van der Waals surface area contributed by atoms with E-state index < -0.39 is 5.63 Å². The Morgan fingerprint density at radius 1 is 0.773 bits per heavy atom. The predicted molar refractivity (Wildman–Crippen MR) is 85.1 cm³/mol. The Bertz CT molecular complexity index is 1250. The minimum absolute atomic E-state index is 0.399. The third-order valence-electron chi connectivity index (χ3n) is 3.97. The van der Waals surface area contributed by atoms with Crippen molar-refractivity contribution >= 4 is 43.8 Å². The minimum Gasteiger partial charge on any atom is -0.454 e. The molecular formula is C18H9NO3. The fourth-order valence-corrected chi connectivity index (χ4v) is 2.98. The van der Waals surface area contributed by atoms with E-state index in [4.69, 9.17) is 8.83 Å². The molecule has 0 unspecified atom stereocenters. The van der Waals surface area contributed by atoms with E-state index in [0.717, 1.165) is 27.3 Å². The zero-order valence-electron chi connectivity index (χ0n) is 11.4. The summed E-state index contributed by atoms with van der Waals surface area (Å²) in [6.07, 6.45) is 1.57. The molecule has 0 saturated carbocycles. The van der Waals surface area contributed by atoms with Crippen molar-refractivity contribution in [2.75, 3.05) is 0 Å². The Kier molecular flexibility index (Phi) is 2.07. The van der Waals surface area contributed by atoms with Gasteiger partial charge in [-0.05, 0) is 18.2 Å². The van der Waals surface area contributed by atoms with E-state index in [-0.39, 0.29) is 0 Å². The second-order valence-electron chi connectivity index (χ2n) is 5.21. The van der Waals surface area contributed by atoms with Gasteiger partial charge < -0.3 is 8.83 Å². The fourth-order valence-electron chi connectivity index (χ4n) is 2.98. The van der Waals surface area contributed by atoms with Crippen LogP contribution in [0.2, 0.25) is 0 Å². The molecule has 5 rings (SSSR count). The molecule has 0 saturated heterocycles. The van der Waals surface area contributed by atoms with Gasteiger partial charge in [-0.1, -0.05) is 30.3 Å². The first-order valence-corrected chi connectivity index (χ1v) is 6.95. The van der Waals surface area contributed by atoms with Crippen molar-refractivity contribution in [1.29, 1.82) is 0 Å². The van der Waals surface area contributed by atoms with Crippen LogP contribution in [0.1, 0.15) is 0 Å². The molecule has 0 aliphatic heterocycles. The number of aromatic nitrogens is 1. The molecule has 0 radical (unpaired) electrons. The molecule has 0 N–H and O–H groups in total. The SMILES string of the molecule is O=c1oc2ccccc2c2c1cnc1c3ccccc3oc12. The molecule has 0 aliphatic rings. The smallest absolute Gasteiger partial charge is 0.345 e. The topological polar surface area (TPSA) is 56.2 Å². The molecule has 0 spiro atoms. The lowest BCUT2D eigenvalue weighted by Crippen LogP contribution is -2.00. The molecule has 22 heavy (non-hydrogen) atoms. The van der Waals surface area contributed by atoms with Crippen LogP contribution in [-0.4, -0.2) is 4.98 Å². The van der Waals surface area contributed by atoms with Crippen LogP contribution in [0.25, 0.3) is 43.8 Å². The summed E-state index contributed by atoms with van der Waals surface area (Å²) in [4.78, 5) is 16.6. The third kappa shape index (κ3) is 1.36. The molecule has 0 atom stereocenters. The largest absolute Gasteiger partial charge is 0.454 e. The first-order valence-electron chi connectivity index (χ1n) is 6.95. The van der Waals surface area contributed by atoms with Crippen LogP contribution >= 0.6 is 0 Å². The average Bonchev–Trinajstić information content (AvgIpc) is 2.93. The molecule has 5 aromatic rings. The first-order chi connectivity index (χ1) is 10.8. The zero-order valence-corrected chi connectivity index (χ0v) is 11.4. The summed E-state index contributed by atoms with van der Waals surface area (Å²) in [5, 5.41) is 2.98. The van der Waals surface area contributed by atoms with Crippen molar-refractivity contribution in [3.8, 4) is 0 Å². The molecule has 3 aromatic heterocycles. The quantitative estimate of drug-likeness (QED) is 0.316. The predicted octanol–water partition coefficient (Wildman–Crippen LogP) is 4.24. The van der Waals surface area contributed by atoms with E-state index in [1.807, 2.05) is 42.5 Å². The Balaban J connectivity index is 2.18. The van der Waals surface area contributed by atoms with E-state index in [2.05, 4.69) is 4.98 Å². The van der Waals surface area contributed by atoms with Crippen LogP contribution in [0.5, 0.6) is 0 Å². The van der Waals surface area contributed by atoms with Crippen LogP contribution < -0.4 is 5.63 Å². The molecule has 0 fully saturated rings.